The number of carboxylic acids is 2. The fraction of sp³-hybridized carbons (Fsp3) is 0.412. The van der Waals surface area contributed by atoms with E-state index in [-0.39, 0.29) is 24.2 Å². The molecule has 0 atom stereocenters. The zero-order valence-corrected chi connectivity index (χ0v) is 13.5. The van der Waals surface area contributed by atoms with Crippen LogP contribution < -0.4 is 0 Å². The van der Waals surface area contributed by atoms with E-state index in [4.69, 9.17) is 14.9 Å². The van der Waals surface area contributed by atoms with Gasteiger partial charge in [-0.25, -0.2) is 9.59 Å². The van der Waals surface area contributed by atoms with Gasteiger partial charge in [0, 0.05) is 13.2 Å². The molecule has 0 aliphatic carbocycles. The van der Waals surface area contributed by atoms with E-state index < -0.39 is 11.9 Å². The van der Waals surface area contributed by atoms with Crippen molar-refractivity contribution in [1.82, 2.24) is 0 Å². The molecule has 0 saturated heterocycles. The first-order chi connectivity index (χ1) is 10.9. The molecule has 0 aliphatic rings. The SMILES string of the molecule is C=CC.CCOCCc1ccc(C(=O)O)c(C(=O)O)c1CCO. The molecule has 0 bridgehead atoms. The summed E-state index contributed by atoms with van der Waals surface area (Å²) in [5, 5.41) is 27.4. The van der Waals surface area contributed by atoms with Gasteiger partial charge in [0.15, 0.2) is 0 Å². The highest BCUT2D eigenvalue weighted by molar-refractivity contribution is 6.03. The summed E-state index contributed by atoms with van der Waals surface area (Å²) in [6.07, 6.45) is 2.33. The normalized spacial score (nSPS) is 9.70. The molecule has 3 N–H and O–H groups in total. The molecule has 1 rings (SSSR count). The molecule has 128 valence electrons. The highest BCUT2D eigenvalue weighted by Gasteiger charge is 2.22. The van der Waals surface area contributed by atoms with Crippen LogP contribution in [0.4, 0.5) is 0 Å². The minimum atomic E-state index is -1.30. The maximum absolute atomic E-state index is 11.3. The van der Waals surface area contributed by atoms with Crippen molar-refractivity contribution in [2.24, 2.45) is 0 Å². The van der Waals surface area contributed by atoms with E-state index in [2.05, 4.69) is 6.58 Å². The van der Waals surface area contributed by atoms with Crippen LogP contribution in [-0.2, 0) is 17.6 Å². The van der Waals surface area contributed by atoms with Crippen molar-refractivity contribution in [3.63, 3.8) is 0 Å². The van der Waals surface area contributed by atoms with E-state index in [1.165, 1.54) is 6.07 Å². The second kappa shape index (κ2) is 11.4. The number of carbonyl (C=O) groups is 2. The van der Waals surface area contributed by atoms with Crippen LogP contribution >= 0.6 is 0 Å². The Morgan fingerprint density at radius 1 is 1.22 bits per heavy atom. The van der Waals surface area contributed by atoms with Gasteiger partial charge in [-0.05, 0) is 43.9 Å². The van der Waals surface area contributed by atoms with E-state index in [0.29, 0.717) is 30.8 Å². The van der Waals surface area contributed by atoms with E-state index in [9.17, 15) is 14.7 Å². The van der Waals surface area contributed by atoms with E-state index >= 15 is 0 Å². The second-order valence-corrected chi connectivity index (χ2v) is 4.56. The van der Waals surface area contributed by atoms with Crippen LogP contribution in [0.15, 0.2) is 24.8 Å². The average Bonchev–Trinajstić information content (AvgIpc) is 2.49. The Morgan fingerprint density at radius 3 is 2.26 bits per heavy atom. The van der Waals surface area contributed by atoms with Crippen LogP contribution in [0.25, 0.3) is 0 Å². The Morgan fingerprint density at radius 2 is 1.83 bits per heavy atom. The van der Waals surface area contributed by atoms with Crippen LogP contribution in [0, 0.1) is 0 Å². The molecule has 6 nitrogen and oxygen atoms in total. The van der Waals surface area contributed by atoms with Gasteiger partial charge in [0.25, 0.3) is 0 Å². The third kappa shape index (κ3) is 6.63. The van der Waals surface area contributed by atoms with Gasteiger partial charge in [0.2, 0.25) is 0 Å². The molecule has 0 heterocycles. The van der Waals surface area contributed by atoms with Gasteiger partial charge in [-0.3, -0.25) is 0 Å². The van der Waals surface area contributed by atoms with E-state index in [1.54, 1.807) is 12.1 Å². The van der Waals surface area contributed by atoms with Gasteiger partial charge in [-0.15, -0.1) is 6.58 Å². The monoisotopic (exact) mass is 324 g/mol. The third-order valence-electron chi connectivity index (χ3n) is 2.94. The fourth-order valence-corrected chi connectivity index (χ4v) is 2.07. The standard InChI is InChI=1S/C14H18O6.C3H6/c1-2-20-8-6-9-3-4-11(13(16)17)12(14(18)19)10(9)5-7-15;1-3-2/h3-4,15H,2,5-8H2,1H3,(H,16,17)(H,18,19);3H,1H2,2H3. The van der Waals surface area contributed by atoms with Crippen LogP contribution in [0.2, 0.25) is 0 Å². The number of allylic oxidation sites excluding steroid dienone is 1. The number of ether oxygens (including phenoxy) is 1. The number of aromatic carboxylic acids is 2. The van der Waals surface area contributed by atoms with Gasteiger partial charge in [0.05, 0.1) is 17.7 Å². The van der Waals surface area contributed by atoms with Crippen molar-refractivity contribution in [2.75, 3.05) is 19.8 Å². The molecule has 1 aromatic carbocycles. The Labute approximate surface area is 136 Å². The predicted octanol–water partition coefficient (Wildman–Crippen LogP) is 2.39. The number of carboxylic acid groups (broad SMARTS) is 2. The molecule has 0 amide bonds. The molecule has 1 aromatic rings. The lowest BCUT2D eigenvalue weighted by atomic mass is 9.92. The van der Waals surface area contributed by atoms with Crippen molar-refractivity contribution in [3.05, 3.63) is 47.0 Å². The number of hydrogen-bond donors (Lipinski definition) is 3. The topological polar surface area (TPSA) is 104 Å². The molecule has 0 unspecified atom stereocenters. The van der Waals surface area contributed by atoms with E-state index in [1.807, 2.05) is 13.8 Å². The maximum atomic E-state index is 11.3. The predicted molar refractivity (Wildman–Crippen MR) is 87.2 cm³/mol. The Hall–Kier alpha value is -2.18. The van der Waals surface area contributed by atoms with Crippen LogP contribution in [0.5, 0.6) is 0 Å². The van der Waals surface area contributed by atoms with Gasteiger partial charge in [-0.1, -0.05) is 12.1 Å². The quantitative estimate of drug-likeness (QED) is 0.501. The van der Waals surface area contributed by atoms with Gasteiger partial charge < -0.3 is 20.1 Å². The van der Waals surface area contributed by atoms with Gasteiger partial charge in [0.1, 0.15) is 0 Å². The van der Waals surface area contributed by atoms with Crippen molar-refractivity contribution in [3.8, 4) is 0 Å². The third-order valence-corrected chi connectivity index (χ3v) is 2.94. The van der Waals surface area contributed by atoms with Crippen LogP contribution in [0.1, 0.15) is 45.7 Å². The van der Waals surface area contributed by atoms with Crippen LogP contribution in [-0.4, -0.2) is 47.1 Å². The summed E-state index contributed by atoms with van der Waals surface area (Å²) in [7, 11) is 0. The molecule has 0 aliphatic heterocycles. The first kappa shape index (κ1) is 20.8. The van der Waals surface area contributed by atoms with E-state index in [0.717, 1.165) is 0 Å². The Kier molecular flexibility index (Phi) is 10.3. The molecule has 0 fully saturated rings. The van der Waals surface area contributed by atoms with Crippen molar-refractivity contribution < 1.29 is 29.6 Å². The Bertz CT molecular complexity index is 536. The molecule has 0 radical (unpaired) electrons. The lowest BCUT2D eigenvalue weighted by Gasteiger charge is -2.14. The lowest BCUT2D eigenvalue weighted by Crippen LogP contribution is -2.15. The average molecular weight is 324 g/mol. The summed E-state index contributed by atoms with van der Waals surface area (Å²) in [5.74, 6) is -2.60. The van der Waals surface area contributed by atoms with Crippen molar-refractivity contribution in [1.29, 1.82) is 0 Å². The summed E-state index contributed by atoms with van der Waals surface area (Å²) in [5.41, 5.74) is 0.538. The number of aliphatic hydroxyl groups is 1. The van der Waals surface area contributed by atoms with Gasteiger partial charge in [-0.2, -0.15) is 0 Å². The summed E-state index contributed by atoms with van der Waals surface area (Å²) in [6.45, 7) is 7.82. The minimum Gasteiger partial charge on any atom is -0.478 e. The maximum Gasteiger partial charge on any atom is 0.336 e. The molecule has 0 spiro atoms. The molecule has 6 heteroatoms. The smallest absolute Gasteiger partial charge is 0.336 e. The molecule has 23 heavy (non-hydrogen) atoms. The zero-order chi connectivity index (χ0) is 17.8. The number of aliphatic hydroxyl groups excluding tert-OH is 1. The fourth-order valence-electron chi connectivity index (χ4n) is 2.07. The molecular weight excluding hydrogens is 300 g/mol. The van der Waals surface area contributed by atoms with Gasteiger partial charge >= 0.3 is 11.9 Å². The summed E-state index contributed by atoms with van der Waals surface area (Å²) >= 11 is 0. The number of rotatable bonds is 8. The lowest BCUT2D eigenvalue weighted by molar-refractivity contribution is 0.0650. The molecular formula is C17H24O6. The van der Waals surface area contributed by atoms with Crippen molar-refractivity contribution >= 4 is 11.9 Å². The highest BCUT2D eigenvalue weighted by Crippen LogP contribution is 2.21. The van der Waals surface area contributed by atoms with Crippen molar-refractivity contribution in [2.45, 2.75) is 26.7 Å². The highest BCUT2D eigenvalue weighted by atomic mass is 16.5. The summed E-state index contributed by atoms with van der Waals surface area (Å²) in [4.78, 5) is 22.4. The first-order valence-corrected chi connectivity index (χ1v) is 7.31. The number of hydrogen-bond acceptors (Lipinski definition) is 4. The van der Waals surface area contributed by atoms with Crippen LogP contribution in [0.3, 0.4) is 0 Å². The zero-order valence-electron chi connectivity index (χ0n) is 13.5. The Balaban J connectivity index is 0.00000149. The molecule has 0 saturated carbocycles. The second-order valence-electron chi connectivity index (χ2n) is 4.56. The number of benzene rings is 1. The minimum absolute atomic E-state index is 0.101. The summed E-state index contributed by atoms with van der Waals surface area (Å²) in [6, 6.07) is 2.87. The molecule has 0 aromatic heterocycles. The largest absolute Gasteiger partial charge is 0.478 e. The first-order valence-electron chi connectivity index (χ1n) is 7.31. The summed E-state index contributed by atoms with van der Waals surface area (Å²) < 4.78 is 5.22.